The highest BCUT2D eigenvalue weighted by Crippen LogP contribution is 2.37. The first-order valence-corrected chi connectivity index (χ1v) is 6.69. The molecule has 1 saturated heterocycles. The first-order valence-electron chi connectivity index (χ1n) is 6.69. The van der Waals surface area contributed by atoms with Crippen molar-refractivity contribution < 1.29 is 29.0 Å². The first-order chi connectivity index (χ1) is 10.4. The molecule has 0 aromatic heterocycles. The second kappa shape index (κ2) is 6.05. The van der Waals surface area contributed by atoms with Crippen LogP contribution in [0, 0.1) is 5.92 Å². The Balaban J connectivity index is 2.51. The normalized spacial score (nSPS) is 17.5. The zero-order chi connectivity index (χ0) is 16.4. The molecule has 1 aromatic rings. The Labute approximate surface area is 127 Å². The number of carbonyl (C=O) groups excluding carboxylic acids is 2. The SMILES string of the molecule is COc1cc(C(C)=O)c(N2CC(C(=O)O)CC2=O)cc1OC. The number of carbonyl (C=O) groups is 3. The van der Waals surface area contributed by atoms with Crippen molar-refractivity contribution in [1.29, 1.82) is 0 Å². The number of hydrogen-bond acceptors (Lipinski definition) is 5. The fraction of sp³-hybridized carbons (Fsp3) is 0.400. The quantitative estimate of drug-likeness (QED) is 0.825. The predicted octanol–water partition coefficient (Wildman–Crippen LogP) is 1.34. The molecule has 0 saturated carbocycles. The van der Waals surface area contributed by atoms with E-state index >= 15 is 0 Å². The molecule has 2 rings (SSSR count). The van der Waals surface area contributed by atoms with Crippen LogP contribution in [0.3, 0.4) is 0 Å². The van der Waals surface area contributed by atoms with Gasteiger partial charge in [-0.25, -0.2) is 0 Å². The summed E-state index contributed by atoms with van der Waals surface area (Å²) in [6, 6.07) is 3.02. The lowest BCUT2D eigenvalue weighted by Gasteiger charge is -2.21. The maximum Gasteiger partial charge on any atom is 0.308 e. The summed E-state index contributed by atoms with van der Waals surface area (Å²) in [7, 11) is 2.89. The topological polar surface area (TPSA) is 93.1 Å². The number of rotatable bonds is 5. The number of methoxy groups -OCH3 is 2. The standard InChI is InChI=1S/C15H17NO6/c1-8(17)10-5-12(21-2)13(22-3)6-11(10)16-7-9(15(19)20)4-14(16)18/h5-6,9H,4,7H2,1-3H3,(H,19,20). The van der Waals surface area contributed by atoms with Gasteiger partial charge in [-0.05, 0) is 13.0 Å². The van der Waals surface area contributed by atoms with Gasteiger partial charge in [-0.2, -0.15) is 0 Å². The third-order valence-electron chi connectivity index (χ3n) is 3.65. The molecular weight excluding hydrogens is 290 g/mol. The summed E-state index contributed by atoms with van der Waals surface area (Å²) in [6.07, 6.45) is -0.0823. The number of carboxylic acid groups (broad SMARTS) is 1. The van der Waals surface area contributed by atoms with E-state index in [4.69, 9.17) is 14.6 Å². The minimum Gasteiger partial charge on any atom is -0.493 e. The van der Waals surface area contributed by atoms with E-state index in [0.717, 1.165) is 0 Å². The Kier molecular flexibility index (Phi) is 4.35. The molecule has 1 fully saturated rings. The number of nitrogens with zero attached hydrogens (tertiary/aromatic N) is 1. The minimum atomic E-state index is -1.03. The molecule has 0 aliphatic carbocycles. The molecule has 1 atom stereocenters. The molecular formula is C15H17NO6. The number of Topliss-reactive ketones (excluding diaryl/α,β-unsaturated/α-hetero) is 1. The lowest BCUT2D eigenvalue weighted by atomic mass is 10.1. The van der Waals surface area contributed by atoms with E-state index < -0.39 is 11.9 Å². The predicted molar refractivity (Wildman–Crippen MR) is 77.6 cm³/mol. The van der Waals surface area contributed by atoms with Crippen molar-refractivity contribution >= 4 is 23.3 Å². The van der Waals surface area contributed by atoms with E-state index in [1.807, 2.05) is 0 Å². The Bertz CT molecular complexity index is 639. The van der Waals surface area contributed by atoms with E-state index in [1.165, 1.54) is 38.2 Å². The molecule has 1 amide bonds. The molecule has 118 valence electrons. The van der Waals surface area contributed by atoms with Crippen LogP contribution in [0.4, 0.5) is 5.69 Å². The summed E-state index contributed by atoms with van der Waals surface area (Å²) >= 11 is 0. The number of hydrogen-bond donors (Lipinski definition) is 1. The average Bonchev–Trinajstić information content (AvgIpc) is 2.87. The Morgan fingerprint density at radius 1 is 1.23 bits per heavy atom. The molecule has 0 bridgehead atoms. The second-order valence-electron chi connectivity index (χ2n) is 5.02. The number of ketones is 1. The minimum absolute atomic E-state index is 0.0317. The van der Waals surface area contributed by atoms with Crippen molar-refractivity contribution in [2.45, 2.75) is 13.3 Å². The van der Waals surface area contributed by atoms with Crippen LogP contribution in [0.2, 0.25) is 0 Å². The van der Waals surface area contributed by atoms with Crippen LogP contribution in [-0.2, 0) is 9.59 Å². The van der Waals surface area contributed by atoms with Crippen LogP contribution < -0.4 is 14.4 Å². The molecule has 1 aromatic carbocycles. The van der Waals surface area contributed by atoms with Crippen LogP contribution in [0.15, 0.2) is 12.1 Å². The number of amides is 1. The number of carboxylic acids is 1. The average molecular weight is 307 g/mol. The highest BCUT2D eigenvalue weighted by atomic mass is 16.5. The van der Waals surface area contributed by atoms with Gasteiger partial charge in [0.25, 0.3) is 0 Å². The van der Waals surface area contributed by atoms with Gasteiger partial charge in [-0.15, -0.1) is 0 Å². The molecule has 1 aliphatic rings. The number of aliphatic carboxylic acids is 1. The lowest BCUT2D eigenvalue weighted by molar-refractivity contribution is -0.141. The Hall–Kier alpha value is -2.57. The maximum absolute atomic E-state index is 12.1. The monoisotopic (exact) mass is 307 g/mol. The van der Waals surface area contributed by atoms with E-state index in [1.54, 1.807) is 0 Å². The van der Waals surface area contributed by atoms with Crippen molar-refractivity contribution in [3.63, 3.8) is 0 Å². The van der Waals surface area contributed by atoms with Crippen LogP contribution >= 0.6 is 0 Å². The van der Waals surface area contributed by atoms with Gasteiger partial charge < -0.3 is 19.5 Å². The van der Waals surface area contributed by atoms with E-state index in [-0.39, 0.29) is 30.2 Å². The van der Waals surface area contributed by atoms with Crippen LogP contribution in [-0.4, -0.2) is 43.5 Å². The van der Waals surface area contributed by atoms with Gasteiger partial charge in [0.1, 0.15) is 0 Å². The van der Waals surface area contributed by atoms with Crippen molar-refractivity contribution in [1.82, 2.24) is 0 Å². The second-order valence-corrected chi connectivity index (χ2v) is 5.02. The largest absolute Gasteiger partial charge is 0.493 e. The zero-order valence-corrected chi connectivity index (χ0v) is 12.6. The molecule has 1 N–H and O–H groups in total. The van der Waals surface area contributed by atoms with Crippen LogP contribution in [0.1, 0.15) is 23.7 Å². The number of benzene rings is 1. The van der Waals surface area contributed by atoms with Crippen molar-refractivity contribution in [2.24, 2.45) is 5.92 Å². The van der Waals surface area contributed by atoms with Gasteiger partial charge in [0.05, 0.1) is 25.8 Å². The molecule has 7 heteroatoms. The highest BCUT2D eigenvalue weighted by molar-refractivity contribution is 6.07. The maximum atomic E-state index is 12.1. The molecule has 0 radical (unpaired) electrons. The molecule has 0 spiro atoms. The van der Waals surface area contributed by atoms with Crippen molar-refractivity contribution in [3.8, 4) is 11.5 Å². The van der Waals surface area contributed by atoms with Gasteiger partial charge in [0.15, 0.2) is 17.3 Å². The molecule has 1 unspecified atom stereocenters. The zero-order valence-electron chi connectivity index (χ0n) is 12.6. The number of ether oxygens (including phenoxy) is 2. The van der Waals surface area contributed by atoms with Crippen molar-refractivity contribution in [2.75, 3.05) is 25.7 Å². The van der Waals surface area contributed by atoms with E-state index in [2.05, 4.69) is 0 Å². The van der Waals surface area contributed by atoms with Gasteiger partial charge >= 0.3 is 5.97 Å². The van der Waals surface area contributed by atoms with Crippen LogP contribution in [0.5, 0.6) is 11.5 Å². The third-order valence-corrected chi connectivity index (χ3v) is 3.65. The van der Waals surface area contributed by atoms with Gasteiger partial charge in [-0.3, -0.25) is 14.4 Å². The highest BCUT2D eigenvalue weighted by Gasteiger charge is 2.36. The fourth-order valence-electron chi connectivity index (χ4n) is 2.48. The molecule has 1 aliphatic heterocycles. The first kappa shape index (κ1) is 15.8. The summed E-state index contributed by atoms with van der Waals surface area (Å²) in [6.45, 7) is 1.41. The summed E-state index contributed by atoms with van der Waals surface area (Å²) in [5.41, 5.74) is 0.635. The molecule has 22 heavy (non-hydrogen) atoms. The summed E-state index contributed by atoms with van der Waals surface area (Å²) in [5.74, 6) is -1.64. The van der Waals surface area contributed by atoms with Crippen molar-refractivity contribution in [3.05, 3.63) is 17.7 Å². The van der Waals surface area contributed by atoms with Crippen LogP contribution in [0.25, 0.3) is 0 Å². The lowest BCUT2D eigenvalue weighted by Crippen LogP contribution is -2.27. The van der Waals surface area contributed by atoms with Gasteiger partial charge in [-0.1, -0.05) is 0 Å². The fourth-order valence-corrected chi connectivity index (χ4v) is 2.48. The summed E-state index contributed by atoms with van der Waals surface area (Å²) in [5, 5.41) is 9.07. The Morgan fingerprint density at radius 3 is 2.27 bits per heavy atom. The van der Waals surface area contributed by atoms with E-state index in [0.29, 0.717) is 17.2 Å². The third kappa shape index (κ3) is 2.74. The smallest absolute Gasteiger partial charge is 0.308 e. The molecule has 1 heterocycles. The molecule has 7 nitrogen and oxygen atoms in total. The summed E-state index contributed by atoms with van der Waals surface area (Å²) < 4.78 is 10.3. The number of anilines is 1. The van der Waals surface area contributed by atoms with E-state index in [9.17, 15) is 14.4 Å². The summed E-state index contributed by atoms with van der Waals surface area (Å²) in [4.78, 5) is 36.4. The van der Waals surface area contributed by atoms with Gasteiger partial charge in [0, 0.05) is 24.6 Å². The Morgan fingerprint density at radius 2 is 1.82 bits per heavy atom. The van der Waals surface area contributed by atoms with Gasteiger partial charge in [0.2, 0.25) is 5.91 Å².